The fourth-order valence-electron chi connectivity index (χ4n) is 3.71. The van der Waals surface area contributed by atoms with Crippen LogP contribution in [0, 0.1) is 22.7 Å². The third-order valence-corrected chi connectivity index (χ3v) is 5.54. The molecule has 0 radical (unpaired) electrons. The van der Waals surface area contributed by atoms with Crippen LogP contribution in [0.3, 0.4) is 0 Å². The van der Waals surface area contributed by atoms with Gasteiger partial charge in [0.1, 0.15) is 0 Å². The second kappa shape index (κ2) is 2.21. The van der Waals surface area contributed by atoms with Crippen LogP contribution in [0.25, 0.3) is 0 Å². The van der Waals surface area contributed by atoms with Gasteiger partial charge in [-0.05, 0) is 42.9 Å². The lowest BCUT2D eigenvalue weighted by Crippen LogP contribution is -2.38. The Bertz CT molecular complexity index is 250. The molecule has 2 bridgehead atoms. The average molecular weight is 178 g/mol. The first-order chi connectivity index (χ1) is 5.80. The Morgan fingerprint density at radius 3 is 1.38 bits per heavy atom. The molecule has 2 rings (SSSR count). The minimum Gasteiger partial charge on any atom is -0.0704 e. The van der Waals surface area contributed by atoms with Gasteiger partial charge >= 0.3 is 0 Å². The monoisotopic (exact) mass is 178 g/mol. The van der Waals surface area contributed by atoms with E-state index in [9.17, 15) is 0 Å². The summed E-state index contributed by atoms with van der Waals surface area (Å²) in [5.74, 6) is 1.71. The number of hydrogen-bond acceptors (Lipinski definition) is 0. The zero-order valence-electron chi connectivity index (χ0n) is 9.86. The second-order valence-electron chi connectivity index (χ2n) is 6.15. The molecule has 1 saturated carbocycles. The Kier molecular flexibility index (Phi) is 1.58. The minimum atomic E-state index is 0.501. The van der Waals surface area contributed by atoms with Gasteiger partial charge in [0, 0.05) is 0 Å². The summed E-state index contributed by atoms with van der Waals surface area (Å²) < 4.78 is 0. The summed E-state index contributed by atoms with van der Waals surface area (Å²) in [5.41, 5.74) is 4.38. The summed E-state index contributed by atoms with van der Waals surface area (Å²) in [5, 5.41) is 0. The van der Waals surface area contributed by atoms with Crippen LogP contribution in [0.15, 0.2) is 11.1 Å². The van der Waals surface area contributed by atoms with Gasteiger partial charge in [-0.2, -0.15) is 0 Å². The van der Waals surface area contributed by atoms with E-state index in [0.29, 0.717) is 10.8 Å². The molecule has 0 amide bonds. The highest BCUT2D eigenvalue weighted by molar-refractivity contribution is 5.33. The molecule has 0 heterocycles. The lowest BCUT2D eigenvalue weighted by atomic mass is 9.59. The molecule has 0 heteroatoms. The summed E-state index contributed by atoms with van der Waals surface area (Å²) in [6.07, 6.45) is 1.41. The van der Waals surface area contributed by atoms with Crippen LogP contribution in [-0.4, -0.2) is 0 Å². The van der Waals surface area contributed by atoms with E-state index in [0.717, 1.165) is 11.8 Å². The Morgan fingerprint density at radius 1 is 0.846 bits per heavy atom. The van der Waals surface area contributed by atoms with Crippen molar-refractivity contribution in [1.29, 1.82) is 0 Å². The number of hydrogen-bond donors (Lipinski definition) is 0. The van der Waals surface area contributed by atoms with Crippen molar-refractivity contribution in [1.82, 2.24) is 0 Å². The van der Waals surface area contributed by atoms with Crippen LogP contribution in [0.5, 0.6) is 0 Å². The van der Waals surface area contributed by atoms with E-state index in [1.165, 1.54) is 6.42 Å². The summed E-state index contributed by atoms with van der Waals surface area (Å²) in [7, 11) is 0. The van der Waals surface area contributed by atoms with Crippen molar-refractivity contribution in [2.75, 3.05) is 0 Å². The predicted molar refractivity (Wildman–Crippen MR) is 57.5 cm³/mol. The molecular weight excluding hydrogens is 156 g/mol. The number of allylic oxidation sites excluding steroid dienone is 2. The molecule has 0 aromatic rings. The smallest absolute Gasteiger partial charge is 0.0141 e. The second-order valence-corrected chi connectivity index (χ2v) is 6.15. The van der Waals surface area contributed by atoms with E-state index in [-0.39, 0.29) is 0 Å². The van der Waals surface area contributed by atoms with Gasteiger partial charge in [0.05, 0.1) is 0 Å². The zero-order chi connectivity index (χ0) is 10.0. The lowest BCUT2D eigenvalue weighted by molar-refractivity contribution is 0.0855. The van der Waals surface area contributed by atoms with Crippen molar-refractivity contribution >= 4 is 0 Å². The maximum Gasteiger partial charge on any atom is -0.0141 e. The van der Waals surface area contributed by atoms with Crippen LogP contribution in [0.2, 0.25) is 0 Å². The Balaban J connectivity index is 2.53. The van der Waals surface area contributed by atoms with E-state index in [1.54, 1.807) is 11.1 Å². The molecule has 2 unspecified atom stereocenters. The third-order valence-electron chi connectivity index (χ3n) is 5.54. The summed E-state index contributed by atoms with van der Waals surface area (Å²) in [6.45, 7) is 14.5. The van der Waals surface area contributed by atoms with Crippen molar-refractivity contribution in [3.8, 4) is 0 Å². The van der Waals surface area contributed by atoms with E-state index >= 15 is 0 Å². The number of fused-ring (bicyclic) bond motifs is 2. The molecule has 2 aliphatic rings. The van der Waals surface area contributed by atoms with Crippen LogP contribution in [-0.2, 0) is 0 Å². The van der Waals surface area contributed by atoms with E-state index < -0.39 is 0 Å². The maximum absolute atomic E-state index is 2.45. The van der Waals surface area contributed by atoms with Gasteiger partial charge < -0.3 is 0 Å². The van der Waals surface area contributed by atoms with Gasteiger partial charge in [0.25, 0.3) is 0 Å². The molecule has 0 saturated heterocycles. The average Bonchev–Trinajstić information content (AvgIpc) is 2.36. The van der Waals surface area contributed by atoms with Crippen LogP contribution in [0.1, 0.15) is 48.0 Å². The highest BCUT2D eigenvalue weighted by Gasteiger charge is 2.58. The molecule has 0 aliphatic heterocycles. The Morgan fingerprint density at radius 2 is 1.15 bits per heavy atom. The molecule has 0 aromatic heterocycles. The molecule has 2 aliphatic carbocycles. The first-order valence-electron chi connectivity index (χ1n) is 5.47. The Hall–Kier alpha value is -0.260. The fraction of sp³-hybridized carbons (Fsp3) is 0.846. The predicted octanol–water partition coefficient (Wildman–Crippen LogP) is 4.02. The van der Waals surface area contributed by atoms with Gasteiger partial charge in [-0.15, -0.1) is 0 Å². The van der Waals surface area contributed by atoms with Crippen molar-refractivity contribution in [2.45, 2.75) is 48.0 Å². The normalized spacial score (nSPS) is 40.2. The number of rotatable bonds is 0. The largest absolute Gasteiger partial charge is 0.0704 e. The van der Waals surface area contributed by atoms with Crippen molar-refractivity contribution < 1.29 is 0 Å². The fourth-order valence-corrected chi connectivity index (χ4v) is 3.71. The maximum atomic E-state index is 2.45. The Labute approximate surface area is 82.4 Å². The van der Waals surface area contributed by atoms with Crippen LogP contribution >= 0.6 is 0 Å². The van der Waals surface area contributed by atoms with Gasteiger partial charge in [0.2, 0.25) is 0 Å². The highest BCUT2D eigenvalue weighted by Crippen LogP contribution is 2.67. The highest BCUT2D eigenvalue weighted by atomic mass is 14.6. The van der Waals surface area contributed by atoms with Gasteiger partial charge in [0.15, 0.2) is 0 Å². The van der Waals surface area contributed by atoms with Crippen LogP contribution < -0.4 is 0 Å². The molecule has 0 nitrogen and oxygen atoms in total. The van der Waals surface area contributed by atoms with E-state index in [4.69, 9.17) is 0 Å². The summed E-state index contributed by atoms with van der Waals surface area (Å²) in [4.78, 5) is 0. The van der Waals surface area contributed by atoms with Crippen LogP contribution in [0.4, 0.5) is 0 Å². The molecule has 1 fully saturated rings. The zero-order valence-corrected chi connectivity index (χ0v) is 9.86. The van der Waals surface area contributed by atoms with Crippen molar-refractivity contribution in [3.05, 3.63) is 11.1 Å². The molecule has 0 N–H and O–H groups in total. The van der Waals surface area contributed by atoms with Crippen molar-refractivity contribution in [2.24, 2.45) is 22.7 Å². The standard InChI is InChI=1S/C13H22/c1-8-9(2)11-7-10(8)12(3,4)13(11,5)6/h10-11H,7H2,1-6H3. The lowest BCUT2D eigenvalue weighted by Gasteiger charge is -2.46. The molecule has 13 heavy (non-hydrogen) atoms. The summed E-state index contributed by atoms with van der Waals surface area (Å²) >= 11 is 0. The minimum absolute atomic E-state index is 0.501. The molecule has 2 atom stereocenters. The molecular formula is C13H22. The first-order valence-corrected chi connectivity index (χ1v) is 5.47. The van der Waals surface area contributed by atoms with Gasteiger partial charge in [-0.25, -0.2) is 0 Å². The molecule has 74 valence electrons. The third kappa shape index (κ3) is 0.825. The molecule has 0 spiro atoms. The SMILES string of the molecule is CC1=C(C)C2CC1C(C)(C)C2(C)C. The van der Waals surface area contributed by atoms with Crippen molar-refractivity contribution in [3.63, 3.8) is 0 Å². The van der Waals surface area contributed by atoms with E-state index in [1.807, 2.05) is 0 Å². The topological polar surface area (TPSA) is 0 Å². The van der Waals surface area contributed by atoms with Gasteiger partial charge in [-0.1, -0.05) is 38.8 Å². The van der Waals surface area contributed by atoms with E-state index in [2.05, 4.69) is 41.5 Å². The first kappa shape index (κ1) is 9.30. The quantitative estimate of drug-likeness (QED) is 0.491. The summed E-state index contributed by atoms with van der Waals surface area (Å²) in [6, 6.07) is 0. The van der Waals surface area contributed by atoms with Gasteiger partial charge in [-0.3, -0.25) is 0 Å². The molecule has 0 aromatic carbocycles.